The van der Waals surface area contributed by atoms with Crippen molar-refractivity contribution >= 4 is 140 Å². The lowest BCUT2D eigenvalue weighted by Crippen LogP contribution is -1.83. The van der Waals surface area contributed by atoms with Crippen molar-refractivity contribution in [2.24, 2.45) is 0 Å². The third-order valence-corrected chi connectivity index (χ3v) is 19.6. The Kier molecular flexibility index (Phi) is 19.8. The van der Waals surface area contributed by atoms with Crippen LogP contribution in [0.3, 0.4) is 0 Å². The van der Waals surface area contributed by atoms with E-state index < -0.39 is 0 Å². The van der Waals surface area contributed by atoms with Gasteiger partial charge in [0.25, 0.3) is 0 Å². The maximum atomic E-state index is 2.30. The van der Waals surface area contributed by atoms with Crippen LogP contribution < -0.4 is 0 Å². The van der Waals surface area contributed by atoms with Crippen LogP contribution in [0.25, 0.3) is 140 Å². The Morgan fingerprint density at radius 1 is 0.119 bits per heavy atom. The van der Waals surface area contributed by atoms with Gasteiger partial charge in [0.15, 0.2) is 0 Å². The maximum absolute atomic E-state index is 2.30. The summed E-state index contributed by atoms with van der Waals surface area (Å²) in [6.07, 6.45) is 0. The topological polar surface area (TPSA) is 0 Å². The molecule has 0 spiro atoms. The molecule has 0 aliphatic heterocycles. The monoisotopic (exact) mass is 1290 g/mol. The van der Waals surface area contributed by atoms with E-state index in [9.17, 15) is 0 Å². The van der Waals surface area contributed by atoms with Gasteiger partial charge >= 0.3 is 0 Å². The minimum absolute atomic E-state index is 1.31. The number of hydrogen-bond donors (Lipinski definition) is 0. The van der Waals surface area contributed by atoms with Crippen molar-refractivity contribution in [3.05, 3.63) is 409 Å². The second kappa shape index (κ2) is 30.3. The first-order valence-corrected chi connectivity index (χ1v) is 35.2. The molecule has 0 saturated carbocycles. The van der Waals surface area contributed by atoms with Gasteiger partial charge in [-0.05, 0) is 205 Å². The zero-order valence-corrected chi connectivity index (χ0v) is 58.7. The molecule has 20 aromatic carbocycles. The maximum Gasteiger partial charge on any atom is -0.00761 e. The summed E-state index contributed by atoms with van der Waals surface area (Å²) in [5.74, 6) is 0. The van der Waals surface area contributed by atoms with Crippen molar-refractivity contribution in [1.82, 2.24) is 0 Å². The zero-order valence-electron chi connectivity index (χ0n) is 58.7. The zero-order chi connectivity index (χ0) is 69.2. The van der Waals surface area contributed by atoms with Crippen LogP contribution in [0.1, 0.15) is 38.9 Å². The number of benzene rings is 20. The first-order valence-electron chi connectivity index (χ1n) is 35.2. The molecule has 0 amide bonds. The minimum atomic E-state index is 1.31. The van der Waals surface area contributed by atoms with Crippen LogP contribution in [0.5, 0.6) is 0 Å². The van der Waals surface area contributed by atoms with Crippen LogP contribution >= 0.6 is 0 Å². The molecule has 20 rings (SSSR count). The summed E-state index contributed by atoms with van der Waals surface area (Å²) in [4.78, 5) is 0. The van der Waals surface area contributed by atoms with Gasteiger partial charge in [-0.25, -0.2) is 0 Å². The van der Waals surface area contributed by atoms with Crippen LogP contribution in [0.15, 0.2) is 370 Å². The summed E-state index contributed by atoms with van der Waals surface area (Å²) in [5.41, 5.74) is 9.32. The van der Waals surface area contributed by atoms with Crippen LogP contribution in [0.4, 0.5) is 0 Å². The minimum Gasteiger partial charge on any atom is -0.0616 e. The lowest BCUT2D eigenvalue weighted by Gasteiger charge is -2.10. The van der Waals surface area contributed by atoms with Crippen LogP contribution in [0.2, 0.25) is 0 Å². The van der Waals surface area contributed by atoms with Gasteiger partial charge in [0.1, 0.15) is 0 Å². The average molecular weight is 1300 g/mol. The van der Waals surface area contributed by atoms with E-state index >= 15 is 0 Å². The van der Waals surface area contributed by atoms with Gasteiger partial charge < -0.3 is 0 Å². The lowest BCUT2D eigenvalue weighted by molar-refractivity contribution is 1.51. The third-order valence-electron chi connectivity index (χ3n) is 19.6. The predicted octanol–water partition coefficient (Wildman–Crippen LogP) is 29.0. The normalized spacial score (nSPS) is 10.9. The SMILES string of the molecule is Cc1cc2ccccc2c2ccccc12.Cc1ccc2c(ccc3ccccc32)c1.Cc1ccc2c3ccccc3c3ccccc3c2c1.Cc1ccc2ccc3ccccc3c2c1.Cc1ccc2ccccc2c1.Cc1cccc2ccc3ccccc3c12.Cc1cccc2ccccc12. The molecule has 486 valence electrons. The number of rotatable bonds is 0. The Morgan fingerprint density at radius 2 is 0.396 bits per heavy atom. The van der Waals surface area contributed by atoms with Crippen molar-refractivity contribution in [2.45, 2.75) is 48.5 Å². The van der Waals surface area contributed by atoms with E-state index in [2.05, 4.69) is 419 Å². The van der Waals surface area contributed by atoms with Crippen molar-refractivity contribution in [1.29, 1.82) is 0 Å². The average Bonchev–Trinajstić information content (AvgIpc) is 0.754. The molecule has 0 aromatic heterocycles. The Hall–Kier alpha value is -12.2. The molecule has 0 fully saturated rings. The van der Waals surface area contributed by atoms with E-state index in [0.29, 0.717) is 0 Å². The first kappa shape index (κ1) is 66.0. The molecule has 20 aromatic rings. The molecule has 0 heteroatoms. The van der Waals surface area contributed by atoms with E-state index in [1.807, 2.05) is 0 Å². The summed E-state index contributed by atoms with van der Waals surface area (Å²) in [6.45, 7) is 15.0. The lowest BCUT2D eigenvalue weighted by atomic mass is 9.93. The van der Waals surface area contributed by atoms with Gasteiger partial charge in [-0.3, -0.25) is 0 Å². The summed E-state index contributed by atoms with van der Waals surface area (Å²) < 4.78 is 0. The van der Waals surface area contributed by atoms with Gasteiger partial charge in [-0.2, -0.15) is 0 Å². The molecule has 0 N–H and O–H groups in total. The molecule has 0 bridgehead atoms. The van der Waals surface area contributed by atoms with Gasteiger partial charge in [0.05, 0.1) is 0 Å². The highest BCUT2D eigenvalue weighted by atomic mass is 14.1. The van der Waals surface area contributed by atoms with Crippen molar-refractivity contribution in [2.75, 3.05) is 0 Å². The van der Waals surface area contributed by atoms with Gasteiger partial charge in [-0.15, -0.1) is 0 Å². The smallest absolute Gasteiger partial charge is 0.00761 e. The molecule has 0 heterocycles. The molecular weight excluding hydrogens is 1210 g/mol. The Balaban J connectivity index is 0.000000101. The van der Waals surface area contributed by atoms with Gasteiger partial charge in [0.2, 0.25) is 0 Å². The molecule has 0 aliphatic rings. The van der Waals surface area contributed by atoms with E-state index in [-0.39, 0.29) is 0 Å². The summed E-state index contributed by atoms with van der Waals surface area (Å²) in [5, 5.41) is 34.8. The Labute approximate surface area is 593 Å². The number of hydrogen-bond acceptors (Lipinski definition) is 0. The van der Waals surface area contributed by atoms with Crippen LogP contribution in [0, 0.1) is 48.5 Å². The molecule has 0 nitrogen and oxygen atoms in total. The molecule has 0 aliphatic carbocycles. The number of aryl methyl sites for hydroxylation is 7. The number of fused-ring (bicyclic) bond motifs is 20. The van der Waals surface area contributed by atoms with Crippen LogP contribution in [-0.4, -0.2) is 0 Å². The molecule has 0 radical (unpaired) electrons. The fraction of sp³-hybridized carbons (Fsp3) is 0.0693. The highest BCUT2D eigenvalue weighted by Gasteiger charge is 2.09. The fourth-order valence-corrected chi connectivity index (χ4v) is 14.5. The first-order chi connectivity index (χ1) is 49.5. The van der Waals surface area contributed by atoms with E-state index in [4.69, 9.17) is 0 Å². The van der Waals surface area contributed by atoms with Gasteiger partial charge in [0, 0.05) is 0 Å². The van der Waals surface area contributed by atoms with Crippen LogP contribution in [-0.2, 0) is 0 Å². The van der Waals surface area contributed by atoms with E-state index in [1.165, 1.54) is 179 Å². The standard InChI is InChI=1S/C19H14.4C15H12.2C11H10/c1-13-10-11-18-16-8-3-2-6-14(16)15-7-4-5-9-17(15)19(18)12-13;1-11-5-4-7-13-10-9-12-6-2-3-8-14(12)15(11)13;1-11-10-12-6-2-3-8-14(12)15-9-5-4-7-13(11)15;1-11-6-9-15-13(10-11)8-7-12-4-2-3-5-14(12)15;1-11-6-7-13-9-8-12-4-2-3-5-14(12)15(13)10-11;1-9-5-4-7-10-6-2-3-8-11(9)10;1-9-6-7-10-4-2-3-5-11(10)8-9/h2-12H,1H3;4*2-10H,1H3;2*2-8H,1H3. The summed E-state index contributed by atoms with van der Waals surface area (Å²) in [6, 6.07) is 132. The van der Waals surface area contributed by atoms with Crippen molar-refractivity contribution in [3.8, 4) is 0 Å². The molecule has 0 saturated heterocycles. The third kappa shape index (κ3) is 14.7. The summed E-state index contributed by atoms with van der Waals surface area (Å²) >= 11 is 0. The van der Waals surface area contributed by atoms with Crippen molar-refractivity contribution < 1.29 is 0 Å². The Bertz CT molecular complexity index is 6290. The Morgan fingerprint density at radius 3 is 0.960 bits per heavy atom. The quantitative estimate of drug-likeness (QED) is 0.133. The molecule has 101 heavy (non-hydrogen) atoms. The van der Waals surface area contributed by atoms with E-state index in [0.717, 1.165) is 0 Å². The second-order valence-corrected chi connectivity index (χ2v) is 26.7. The van der Waals surface area contributed by atoms with Gasteiger partial charge in [-0.1, -0.05) is 392 Å². The molecular formula is C101H82. The highest BCUT2D eigenvalue weighted by Crippen LogP contribution is 2.36. The second-order valence-electron chi connectivity index (χ2n) is 26.7. The largest absolute Gasteiger partial charge is 0.0616 e. The summed E-state index contributed by atoms with van der Waals surface area (Å²) in [7, 11) is 0. The fourth-order valence-electron chi connectivity index (χ4n) is 14.5. The van der Waals surface area contributed by atoms with Crippen molar-refractivity contribution in [3.63, 3.8) is 0 Å². The predicted molar refractivity (Wildman–Crippen MR) is 446 cm³/mol. The van der Waals surface area contributed by atoms with E-state index in [1.54, 1.807) is 0 Å². The highest BCUT2D eigenvalue weighted by molar-refractivity contribution is 6.25. The molecule has 0 unspecified atom stereocenters. The molecule has 0 atom stereocenters.